The number of likely N-dealkylation sites (tertiary alicyclic amines) is 1. The Morgan fingerprint density at radius 1 is 1.38 bits per heavy atom. The van der Waals surface area contributed by atoms with Crippen molar-refractivity contribution in [2.24, 2.45) is 5.41 Å². The summed E-state index contributed by atoms with van der Waals surface area (Å²) in [5, 5.41) is 18.2. The predicted octanol–water partition coefficient (Wildman–Crippen LogP) is 0.214. The van der Waals surface area contributed by atoms with Gasteiger partial charge in [-0.2, -0.15) is 0 Å². The Hall–Kier alpha value is -0.120. The van der Waals surface area contributed by atoms with E-state index in [0.29, 0.717) is 5.41 Å². The van der Waals surface area contributed by atoms with Crippen molar-refractivity contribution < 1.29 is 10.2 Å². The Balaban J connectivity index is 1.78. The average Bonchev–Trinajstić information content (AvgIpc) is 1.97. The highest BCUT2D eigenvalue weighted by molar-refractivity contribution is 5.02. The van der Waals surface area contributed by atoms with Gasteiger partial charge in [0.15, 0.2) is 0 Å². The molecule has 2 atom stereocenters. The van der Waals surface area contributed by atoms with Crippen molar-refractivity contribution in [1.82, 2.24) is 4.90 Å². The van der Waals surface area contributed by atoms with Gasteiger partial charge in [0.1, 0.15) is 0 Å². The topological polar surface area (TPSA) is 43.7 Å². The summed E-state index contributed by atoms with van der Waals surface area (Å²) in [7, 11) is 0. The van der Waals surface area contributed by atoms with Gasteiger partial charge in [-0.25, -0.2) is 0 Å². The highest BCUT2D eigenvalue weighted by atomic mass is 16.3. The molecule has 1 aliphatic heterocycles. The standard InChI is InChI=1S/C10H19NO2/c1-8(9(13)5-12)11-6-10(7-11)3-2-4-10/h8-9,12-13H,2-7H2,1H3. The van der Waals surface area contributed by atoms with E-state index < -0.39 is 6.10 Å². The van der Waals surface area contributed by atoms with Gasteiger partial charge < -0.3 is 10.2 Å². The highest BCUT2D eigenvalue weighted by Crippen LogP contribution is 2.48. The molecule has 2 rings (SSSR count). The molecule has 0 amide bonds. The molecule has 3 nitrogen and oxygen atoms in total. The maximum absolute atomic E-state index is 9.43. The lowest BCUT2D eigenvalue weighted by Crippen LogP contribution is -2.64. The van der Waals surface area contributed by atoms with Crippen LogP contribution in [-0.4, -0.2) is 47.0 Å². The predicted molar refractivity (Wildman–Crippen MR) is 50.4 cm³/mol. The number of aliphatic hydroxyl groups excluding tert-OH is 2. The maximum atomic E-state index is 9.43. The lowest BCUT2D eigenvalue weighted by molar-refractivity contribution is -0.109. The Bertz CT molecular complexity index is 183. The van der Waals surface area contributed by atoms with E-state index in [1.165, 1.54) is 19.3 Å². The zero-order valence-corrected chi connectivity index (χ0v) is 8.24. The lowest BCUT2D eigenvalue weighted by Gasteiger charge is -2.58. The van der Waals surface area contributed by atoms with Gasteiger partial charge in [-0.1, -0.05) is 6.42 Å². The van der Waals surface area contributed by atoms with E-state index in [4.69, 9.17) is 5.11 Å². The summed E-state index contributed by atoms with van der Waals surface area (Å²) in [6.45, 7) is 4.13. The second-order valence-corrected chi connectivity index (χ2v) is 4.75. The van der Waals surface area contributed by atoms with Crippen LogP contribution in [0.15, 0.2) is 0 Å². The molecule has 2 N–H and O–H groups in total. The van der Waals surface area contributed by atoms with Crippen molar-refractivity contribution in [3.63, 3.8) is 0 Å². The molecule has 0 aromatic heterocycles. The fourth-order valence-corrected chi connectivity index (χ4v) is 2.49. The SMILES string of the molecule is CC(C(O)CO)N1CC2(CCC2)C1. The third-order valence-corrected chi connectivity index (χ3v) is 3.81. The summed E-state index contributed by atoms with van der Waals surface area (Å²) in [5.41, 5.74) is 0.615. The van der Waals surface area contributed by atoms with Gasteiger partial charge in [0, 0.05) is 19.1 Å². The smallest absolute Gasteiger partial charge is 0.0922 e. The van der Waals surface area contributed by atoms with Crippen LogP contribution in [0.1, 0.15) is 26.2 Å². The lowest BCUT2D eigenvalue weighted by atomic mass is 9.63. The molecule has 1 saturated carbocycles. The van der Waals surface area contributed by atoms with Gasteiger partial charge in [-0.3, -0.25) is 4.90 Å². The van der Waals surface area contributed by atoms with Crippen LogP contribution < -0.4 is 0 Å². The van der Waals surface area contributed by atoms with Gasteiger partial charge in [0.25, 0.3) is 0 Å². The summed E-state index contributed by atoms with van der Waals surface area (Å²) < 4.78 is 0. The van der Waals surface area contributed by atoms with Crippen LogP contribution in [0.5, 0.6) is 0 Å². The van der Waals surface area contributed by atoms with Crippen LogP contribution in [-0.2, 0) is 0 Å². The minimum atomic E-state index is -0.572. The monoisotopic (exact) mass is 185 g/mol. The van der Waals surface area contributed by atoms with E-state index in [1.54, 1.807) is 0 Å². The Labute approximate surface area is 79.4 Å². The molecule has 2 unspecified atom stereocenters. The van der Waals surface area contributed by atoms with Gasteiger partial charge in [0.05, 0.1) is 12.7 Å². The summed E-state index contributed by atoms with van der Waals surface area (Å²) in [6.07, 6.45) is 3.54. The van der Waals surface area contributed by atoms with Crippen LogP contribution in [0, 0.1) is 5.41 Å². The first-order valence-corrected chi connectivity index (χ1v) is 5.20. The fourth-order valence-electron chi connectivity index (χ4n) is 2.49. The van der Waals surface area contributed by atoms with Gasteiger partial charge in [-0.15, -0.1) is 0 Å². The third kappa shape index (κ3) is 1.49. The zero-order chi connectivity index (χ0) is 9.47. The molecular weight excluding hydrogens is 166 g/mol. The molecule has 0 bridgehead atoms. The summed E-state index contributed by atoms with van der Waals surface area (Å²) in [5.74, 6) is 0. The average molecular weight is 185 g/mol. The molecule has 2 aliphatic rings. The zero-order valence-electron chi connectivity index (χ0n) is 8.24. The van der Waals surface area contributed by atoms with Gasteiger partial charge >= 0.3 is 0 Å². The van der Waals surface area contributed by atoms with E-state index in [1.807, 2.05) is 6.92 Å². The van der Waals surface area contributed by atoms with Crippen LogP contribution in [0.2, 0.25) is 0 Å². The fraction of sp³-hybridized carbons (Fsp3) is 1.00. The Morgan fingerprint density at radius 3 is 2.38 bits per heavy atom. The number of rotatable bonds is 3. The van der Waals surface area contributed by atoms with Crippen molar-refractivity contribution >= 4 is 0 Å². The van der Waals surface area contributed by atoms with Gasteiger partial charge in [0.2, 0.25) is 0 Å². The quantitative estimate of drug-likeness (QED) is 0.661. The van der Waals surface area contributed by atoms with E-state index in [0.717, 1.165) is 13.1 Å². The summed E-state index contributed by atoms with van der Waals surface area (Å²) in [4.78, 5) is 2.28. The Morgan fingerprint density at radius 2 is 2.00 bits per heavy atom. The number of hydrogen-bond donors (Lipinski definition) is 2. The molecule has 76 valence electrons. The van der Waals surface area contributed by atoms with Crippen molar-refractivity contribution in [3.05, 3.63) is 0 Å². The third-order valence-electron chi connectivity index (χ3n) is 3.81. The molecule has 3 heteroatoms. The second-order valence-electron chi connectivity index (χ2n) is 4.75. The number of nitrogens with zero attached hydrogens (tertiary/aromatic N) is 1. The normalized spacial score (nSPS) is 30.7. The number of hydrogen-bond acceptors (Lipinski definition) is 3. The van der Waals surface area contributed by atoms with Crippen LogP contribution in [0.4, 0.5) is 0 Å². The minimum absolute atomic E-state index is 0.120. The molecule has 0 radical (unpaired) electrons. The number of aliphatic hydroxyl groups is 2. The molecule has 1 aliphatic carbocycles. The minimum Gasteiger partial charge on any atom is -0.394 e. The Kier molecular flexibility index (Phi) is 2.34. The second kappa shape index (κ2) is 3.23. The first-order valence-electron chi connectivity index (χ1n) is 5.20. The van der Waals surface area contributed by atoms with E-state index in [-0.39, 0.29) is 12.6 Å². The molecule has 0 aromatic carbocycles. The highest BCUT2D eigenvalue weighted by Gasteiger charge is 2.48. The van der Waals surface area contributed by atoms with Crippen LogP contribution >= 0.6 is 0 Å². The molecule has 1 saturated heterocycles. The van der Waals surface area contributed by atoms with E-state index in [2.05, 4.69) is 4.90 Å². The molecule has 1 heterocycles. The molecular formula is C10H19NO2. The van der Waals surface area contributed by atoms with Gasteiger partial charge in [-0.05, 0) is 25.2 Å². The molecule has 1 spiro atoms. The van der Waals surface area contributed by atoms with Crippen LogP contribution in [0.25, 0.3) is 0 Å². The van der Waals surface area contributed by atoms with E-state index in [9.17, 15) is 5.11 Å². The summed E-state index contributed by atoms with van der Waals surface area (Å²) in [6, 6.07) is 0.122. The van der Waals surface area contributed by atoms with Crippen molar-refractivity contribution in [1.29, 1.82) is 0 Å². The first kappa shape index (κ1) is 9.44. The van der Waals surface area contributed by atoms with Crippen molar-refractivity contribution in [3.8, 4) is 0 Å². The summed E-state index contributed by atoms with van der Waals surface area (Å²) >= 11 is 0. The van der Waals surface area contributed by atoms with Crippen molar-refractivity contribution in [2.75, 3.05) is 19.7 Å². The first-order chi connectivity index (χ1) is 6.17. The molecule has 13 heavy (non-hydrogen) atoms. The maximum Gasteiger partial charge on any atom is 0.0922 e. The van der Waals surface area contributed by atoms with Crippen LogP contribution in [0.3, 0.4) is 0 Å². The molecule has 0 aromatic rings. The van der Waals surface area contributed by atoms with Crippen molar-refractivity contribution in [2.45, 2.75) is 38.3 Å². The molecule has 2 fully saturated rings. The van der Waals surface area contributed by atoms with E-state index >= 15 is 0 Å². The largest absolute Gasteiger partial charge is 0.394 e.